The van der Waals surface area contributed by atoms with E-state index in [-0.39, 0.29) is 23.8 Å². The van der Waals surface area contributed by atoms with Gasteiger partial charge in [0.25, 0.3) is 5.91 Å². The third-order valence-electron chi connectivity index (χ3n) is 2.42. The number of hydrogen-bond acceptors (Lipinski definition) is 6. The third kappa shape index (κ3) is 3.58. The number of carbonyl (C=O) groups excluding carboxylic acids is 1. The Labute approximate surface area is 109 Å². The van der Waals surface area contributed by atoms with Crippen LogP contribution in [0.3, 0.4) is 0 Å². The molecule has 4 N–H and O–H groups in total. The van der Waals surface area contributed by atoms with E-state index in [9.17, 15) is 4.79 Å². The molecule has 7 heteroatoms. The number of nitrogens with two attached hydrogens (primary N) is 1. The molecule has 1 aromatic heterocycles. The highest BCUT2D eigenvalue weighted by atomic mass is 32.2. The zero-order valence-corrected chi connectivity index (χ0v) is 11.7. The molecular weight excluding hydrogens is 258 g/mol. The number of aromatic nitrogens is 1. The lowest BCUT2D eigenvalue weighted by Crippen LogP contribution is -2.41. The smallest absolute Gasteiger partial charge is 0.263 e. The van der Waals surface area contributed by atoms with Gasteiger partial charge in [-0.3, -0.25) is 4.79 Å². The number of hydrogen-bond donors (Lipinski definition) is 3. The van der Waals surface area contributed by atoms with Gasteiger partial charge in [-0.1, -0.05) is 11.3 Å². The van der Waals surface area contributed by atoms with Gasteiger partial charge in [-0.25, -0.2) is 4.98 Å². The van der Waals surface area contributed by atoms with Crippen LogP contribution >= 0.6 is 23.1 Å². The van der Waals surface area contributed by atoms with E-state index in [0.29, 0.717) is 15.7 Å². The van der Waals surface area contributed by atoms with Crippen LogP contribution in [-0.2, 0) is 0 Å². The molecule has 0 aliphatic rings. The number of aliphatic hydroxyl groups excluding tert-OH is 1. The van der Waals surface area contributed by atoms with Crippen molar-refractivity contribution in [3.05, 3.63) is 10.6 Å². The van der Waals surface area contributed by atoms with Crippen LogP contribution in [0.25, 0.3) is 0 Å². The molecule has 2 unspecified atom stereocenters. The zero-order valence-electron chi connectivity index (χ0n) is 10.1. The lowest BCUT2D eigenvalue weighted by molar-refractivity contribution is 0.0939. The zero-order chi connectivity index (χ0) is 13.0. The summed E-state index contributed by atoms with van der Waals surface area (Å²) in [5.74, 6) is -0.184. The molecule has 0 aromatic carbocycles. The molecule has 17 heavy (non-hydrogen) atoms. The van der Waals surface area contributed by atoms with Crippen LogP contribution in [0.5, 0.6) is 0 Å². The van der Waals surface area contributed by atoms with Crippen molar-refractivity contribution >= 4 is 34.1 Å². The van der Waals surface area contributed by atoms with E-state index >= 15 is 0 Å². The molecule has 0 fully saturated rings. The van der Waals surface area contributed by atoms with Crippen LogP contribution in [0.1, 0.15) is 22.3 Å². The van der Waals surface area contributed by atoms with Crippen molar-refractivity contribution in [2.45, 2.75) is 25.1 Å². The molecule has 2 atom stereocenters. The van der Waals surface area contributed by atoms with Gasteiger partial charge in [0.15, 0.2) is 5.13 Å². The van der Waals surface area contributed by atoms with E-state index in [2.05, 4.69) is 10.3 Å². The lowest BCUT2D eigenvalue weighted by atomic mass is 10.2. The molecule has 0 aliphatic heterocycles. The van der Waals surface area contributed by atoms with Crippen LogP contribution in [-0.4, -0.2) is 40.2 Å². The number of nitrogens with one attached hydrogen (secondary N) is 1. The van der Waals surface area contributed by atoms with E-state index in [1.165, 1.54) is 23.1 Å². The van der Waals surface area contributed by atoms with E-state index in [1.54, 1.807) is 6.92 Å². The van der Waals surface area contributed by atoms with Gasteiger partial charge in [0.2, 0.25) is 0 Å². The molecule has 1 aromatic rings. The quantitative estimate of drug-likeness (QED) is 0.742. The largest absolute Gasteiger partial charge is 0.395 e. The molecule has 5 nitrogen and oxygen atoms in total. The molecule has 0 spiro atoms. The van der Waals surface area contributed by atoms with Crippen molar-refractivity contribution in [3.63, 3.8) is 0 Å². The first-order chi connectivity index (χ1) is 7.99. The number of nitrogen functional groups attached to an aromatic ring is 1. The summed E-state index contributed by atoms with van der Waals surface area (Å²) in [7, 11) is 0. The van der Waals surface area contributed by atoms with E-state index in [0.717, 1.165) is 0 Å². The van der Waals surface area contributed by atoms with Gasteiger partial charge in [-0.15, -0.1) is 0 Å². The number of thioether (sulfide) groups is 1. The summed E-state index contributed by atoms with van der Waals surface area (Å²) in [4.78, 5) is 16.5. The Kier molecular flexibility index (Phi) is 5.23. The van der Waals surface area contributed by atoms with Crippen LogP contribution in [0.15, 0.2) is 0 Å². The normalized spacial score (nSPS) is 14.4. The Morgan fingerprint density at radius 1 is 1.71 bits per heavy atom. The fourth-order valence-electron chi connectivity index (χ4n) is 1.43. The maximum Gasteiger partial charge on any atom is 0.263 e. The average molecular weight is 275 g/mol. The molecule has 0 bridgehead atoms. The van der Waals surface area contributed by atoms with Crippen molar-refractivity contribution in [2.24, 2.45) is 0 Å². The molecular formula is C10H17N3O2S2. The second kappa shape index (κ2) is 6.23. The number of anilines is 1. The summed E-state index contributed by atoms with van der Waals surface area (Å²) < 4.78 is 0. The highest BCUT2D eigenvalue weighted by Gasteiger charge is 2.20. The fraction of sp³-hybridized carbons (Fsp3) is 0.600. The first-order valence-corrected chi connectivity index (χ1v) is 7.27. The Morgan fingerprint density at radius 2 is 2.35 bits per heavy atom. The van der Waals surface area contributed by atoms with Crippen LogP contribution in [0, 0.1) is 6.92 Å². The third-order valence-corrected chi connectivity index (χ3v) is 4.57. The Balaban J connectivity index is 2.69. The van der Waals surface area contributed by atoms with Gasteiger partial charge in [-0.05, 0) is 20.1 Å². The number of rotatable bonds is 5. The predicted molar refractivity (Wildman–Crippen MR) is 72.6 cm³/mol. The van der Waals surface area contributed by atoms with Gasteiger partial charge in [-0.2, -0.15) is 11.8 Å². The Morgan fingerprint density at radius 3 is 2.76 bits per heavy atom. The molecule has 1 heterocycles. The van der Waals surface area contributed by atoms with Crippen molar-refractivity contribution in [1.29, 1.82) is 0 Å². The molecule has 0 aliphatic carbocycles. The average Bonchev–Trinajstić information content (AvgIpc) is 2.59. The van der Waals surface area contributed by atoms with Gasteiger partial charge in [0, 0.05) is 11.3 Å². The Bertz CT molecular complexity index is 391. The van der Waals surface area contributed by atoms with Crippen molar-refractivity contribution in [3.8, 4) is 0 Å². The maximum absolute atomic E-state index is 11.9. The topological polar surface area (TPSA) is 88.2 Å². The molecule has 0 saturated carbocycles. The minimum absolute atomic E-state index is 0.00970. The Hall–Kier alpha value is -0.790. The minimum atomic E-state index is -0.184. The number of carbonyl (C=O) groups is 1. The van der Waals surface area contributed by atoms with E-state index in [1.807, 2.05) is 13.2 Å². The molecule has 0 saturated heterocycles. The number of amides is 1. The molecule has 1 amide bonds. The van der Waals surface area contributed by atoms with Gasteiger partial charge >= 0.3 is 0 Å². The van der Waals surface area contributed by atoms with Crippen LogP contribution in [0.2, 0.25) is 0 Å². The summed E-state index contributed by atoms with van der Waals surface area (Å²) in [5.41, 5.74) is 6.18. The number of aryl methyl sites for hydroxylation is 1. The number of thiazole rings is 1. The first kappa shape index (κ1) is 14.3. The standard InChI is InChI=1S/C10H17N3O2S2/c1-5(7(4-14)16-3)12-9(15)8-6(2)13-10(11)17-8/h5,7,14H,4H2,1-3H3,(H2,11,13)(H,12,15). The number of nitrogens with zero attached hydrogens (tertiary/aromatic N) is 1. The highest BCUT2D eigenvalue weighted by Crippen LogP contribution is 2.20. The molecule has 96 valence electrons. The summed E-state index contributed by atoms with van der Waals surface area (Å²) in [5, 5.41) is 12.4. The second-order valence-corrected chi connectivity index (χ2v) is 5.79. The second-order valence-electron chi connectivity index (χ2n) is 3.69. The van der Waals surface area contributed by atoms with Gasteiger partial charge < -0.3 is 16.2 Å². The predicted octanol–water partition coefficient (Wildman–Crippen LogP) is 0.876. The summed E-state index contributed by atoms with van der Waals surface area (Å²) >= 11 is 2.70. The number of aliphatic hydroxyl groups is 1. The van der Waals surface area contributed by atoms with Crippen molar-refractivity contribution in [1.82, 2.24) is 10.3 Å². The van der Waals surface area contributed by atoms with Gasteiger partial charge in [0.05, 0.1) is 12.3 Å². The van der Waals surface area contributed by atoms with Crippen molar-refractivity contribution in [2.75, 3.05) is 18.6 Å². The molecule has 0 radical (unpaired) electrons. The van der Waals surface area contributed by atoms with Crippen molar-refractivity contribution < 1.29 is 9.90 Å². The van der Waals surface area contributed by atoms with Crippen LogP contribution in [0.4, 0.5) is 5.13 Å². The first-order valence-electron chi connectivity index (χ1n) is 5.17. The highest BCUT2D eigenvalue weighted by molar-refractivity contribution is 7.99. The molecule has 1 rings (SSSR count). The van der Waals surface area contributed by atoms with Gasteiger partial charge in [0.1, 0.15) is 4.88 Å². The SMILES string of the molecule is CSC(CO)C(C)NC(=O)c1sc(N)nc1C. The van der Waals surface area contributed by atoms with Crippen LogP contribution < -0.4 is 11.1 Å². The maximum atomic E-state index is 11.9. The monoisotopic (exact) mass is 275 g/mol. The minimum Gasteiger partial charge on any atom is -0.395 e. The van der Waals surface area contributed by atoms with E-state index < -0.39 is 0 Å². The summed E-state index contributed by atoms with van der Waals surface area (Å²) in [6.07, 6.45) is 1.90. The lowest BCUT2D eigenvalue weighted by Gasteiger charge is -2.20. The fourth-order valence-corrected chi connectivity index (χ4v) is 2.79. The summed E-state index contributed by atoms with van der Waals surface area (Å²) in [6, 6.07) is -0.106. The summed E-state index contributed by atoms with van der Waals surface area (Å²) in [6.45, 7) is 3.66. The van der Waals surface area contributed by atoms with E-state index in [4.69, 9.17) is 10.8 Å².